The number of amides is 2. The number of ether oxygens (including phenoxy) is 1. The number of methoxy groups -OCH3 is 1. The molecule has 1 saturated heterocycles. The molecule has 0 spiro atoms. The Morgan fingerprint density at radius 2 is 1.48 bits per heavy atom. The van der Waals surface area contributed by atoms with Gasteiger partial charge in [0.25, 0.3) is 11.8 Å². The second-order valence-electron chi connectivity index (χ2n) is 8.45. The Morgan fingerprint density at radius 1 is 0.839 bits per heavy atom. The van der Waals surface area contributed by atoms with Crippen molar-refractivity contribution >= 4 is 23.1 Å². The summed E-state index contributed by atoms with van der Waals surface area (Å²) in [6.07, 6.45) is 0. The van der Waals surface area contributed by atoms with Gasteiger partial charge in [-0.1, -0.05) is 29.8 Å². The Labute approximate surface area is 183 Å². The first kappa shape index (κ1) is 21.1. The number of rotatable bonds is 4. The molecule has 2 aliphatic heterocycles. The summed E-state index contributed by atoms with van der Waals surface area (Å²) in [6, 6.07) is 11.5. The van der Waals surface area contributed by atoms with Gasteiger partial charge in [0.05, 0.1) is 18.4 Å². The molecule has 0 bridgehead atoms. The van der Waals surface area contributed by atoms with E-state index in [1.54, 1.807) is 13.2 Å². The average molecular weight is 420 g/mol. The fourth-order valence-corrected chi connectivity index (χ4v) is 4.37. The van der Waals surface area contributed by atoms with E-state index in [2.05, 4.69) is 22.9 Å². The number of carbonyl (C=O) groups is 2. The smallest absolute Gasteiger partial charge is 0.282 e. The van der Waals surface area contributed by atoms with Crippen molar-refractivity contribution in [3.05, 3.63) is 64.3 Å². The van der Waals surface area contributed by atoms with E-state index in [-0.39, 0.29) is 11.8 Å². The van der Waals surface area contributed by atoms with E-state index in [1.807, 2.05) is 45.0 Å². The van der Waals surface area contributed by atoms with Gasteiger partial charge >= 0.3 is 0 Å². The molecule has 0 aliphatic carbocycles. The summed E-state index contributed by atoms with van der Waals surface area (Å²) in [7, 11) is 3.63. The lowest BCUT2D eigenvalue weighted by atomic mass is 9.97. The van der Waals surface area contributed by atoms with E-state index in [9.17, 15) is 9.59 Å². The van der Waals surface area contributed by atoms with Crippen LogP contribution in [0.25, 0.3) is 5.57 Å². The first-order valence-electron chi connectivity index (χ1n) is 10.6. The van der Waals surface area contributed by atoms with Crippen molar-refractivity contribution in [2.24, 2.45) is 0 Å². The van der Waals surface area contributed by atoms with Crippen LogP contribution in [0.1, 0.15) is 22.3 Å². The van der Waals surface area contributed by atoms with Gasteiger partial charge in [0.15, 0.2) is 0 Å². The SMILES string of the molecule is COc1ccc(C)cc1N1C(=O)C(c2ccc(C)cc2C)=C(N2CCN(C)CC2)C1=O. The van der Waals surface area contributed by atoms with Crippen molar-refractivity contribution in [2.45, 2.75) is 20.8 Å². The lowest BCUT2D eigenvalue weighted by Crippen LogP contribution is -2.46. The third-order valence-electron chi connectivity index (χ3n) is 6.11. The molecule has 6 heteroatoms. The number of hydrogen-bond acceptors (Lipinski definition) is 5. The minimum atomic E-state index is -0.296. The monoisotopic (exact) mass is 419 g/mol. The second kappa shape index (κ2) is 8.19. The maximum atomic E-state index is 13.8. The lowest BCUT2D eigenvalue weighted by molar-refractivity contribution is -0.120. The molecule has 0 aromatic heterocycles. The first-order chi connectivity index (χ1) is 14.8. The van der Waals surface area contributed by atoms with Crippen LogP contribution in [0.15, 0.2) is 42.1 Å². The minimum Gasteiger partial charge on any atom is -0.495 e. The summed E-state index contributed by atoms with van der Waals surface area (Å²) in [5, 5.41) is 0. The molecule has 2 aromatic carbocycles. The van der Waals surface area contributed by atoms with Crippen LogP contribution in [0.2, 0.25) is 0 Å². The highest BCUT2D eigenvalue weighted by Crippen LogP contribution is 2.40. The molecule has 31 heavy (non-hydrogen) atoms. The number of benzene rings is 2. The summed E-state index contributed by atoms with van der Waals surface area (Å²) in [4.78, 5) is 33.2. The van der Waals surface area contributed by atoms with Crippen molar-refractivity contribution < 1.29 is 14.3 Å². The molecule has 4 rings (SSSR count). The summed E-state index contributed by atoms with van der Waals surface area (Å²) in [5.41, 5.74) is 5.34. The molecule has 2 aliphatic rings. The molecule has 0 saturated carbocycles. The van der Waals surface area contributed by atoms with Gasteiger partial charge in [-0.3, -0.25) is 9.59 Å². The maximum absolute atomic E-state index is 13.8. The van der Waals surface area contributed by atoms with Crippen LogP contribution < -0.4 is 9.64 Å². The topological polar surface area (TPSA) is 53.1 Å². The fraction of sp³-hybridized carbons (Fsp3) is 0.360. The molecule has 0 N–H and O–H groups in total. The number of nitrogens with zero attached hydrogens (tertiary/aromatic N) is 3. The van der Waals surface area contributed by atoms with Crippen molar-refractivity contribution in [2.75, 3.05) is 45.2 Å². The van der Waals surface area contributed by atoms with E-state index in [0.29, 0.717) is 35.8 Å². The lowest BCUT2D eigenvalue weighted by Gasteiger charge is -2.34. The molecular weight excluding hydrogens is 390 g/mol. The number of likely N-dealkylation sites (N-methyl/N-ethyl adjacent to an activating group) is 1. The van der Waals surface area contributed by atoms with E-state index >= 15 is 0 Å². The number of piperazine rings is 1. The highest BCUT2D eigenvalue weighted by atomic mass is 16.5. The summed E-state index contributed by atoms with van der Waals surface area (Å²) < 4.78 is 5.50. The third-order valence-corrected chi connectivity index (χ3v) is 6.11. The molecule has 6 nitrogen and oxygen atoms in total. The van der Waals surface area contributed by atoms with Gasteiger partial charge in [-0.05, 0) is 56.6 Å². The molecule has 1 fully saturated rings. The van der Waals surface area contributed by atoms with Crippen LogP contribution in [0.4, 0.5) is 5.69 Å². The Balaban J connectivity index is 1.88. The standard InChI is InChI=1S/C25H29N3O3/c1-16-6-8-19(18(3)14-16)22-23(27-12-10-26(4)11-13-27)25(30)28(24(22)29)20-15-17(2)7-9-21(20)31-5/h6-9,14-15H,10-13H2,1-5H3. The van der Waals surface area contributed by atoms with Gasteiger partial charge < -0.3 is 14.5 Å². The molecule has 2 amide bonds. The van der Waals surface area contributed by atoms with Crippen LogP contribution in [0, 0.1) is 20.8 Å². The van der Waals surface area contributed by atoms with Crippen molar-refractivity contribution in [3.63, 3.8) is 0 Å². The Morgan fingerprint density at radius 3 is 2.13 bits per heavy atom. The predicted octanol–water partition coefficient (Wildman–Crippen LogP) is 3.15. The molecule has 2 aromatic rings. The van der Waals surface area contributed by atoms with Crippen LogP contribution in [0.5, 0.6) is 5.75 Å². The van der Waals surface area contributed by atoms with Crippen LogP contribution >= 0.6 is 0 Å². The molecule has 0 atom stereocenters. The zero-order valence-corrected chi connectivity index (χ0v) is 18.9. The minimum absolute atomic E-state index is 0.284. The Bertz CT molecular complexity index is 1080. The van der Waals surface area contributed by atoms with E-state index in [0.717, 1.165) is 35.3 Å². The molecule has 0 unspecified atom stereocenters. The van der Waals surface area contributed by atoms with Gasteiger partial charge in [-0.25, -0.2) is 4.90 Å². The Kier molecular flexibility index (Phi) is 5.58. The van der Waals surface area contributed by atoms with Gasteiger partial charge in [-0.15, -0.1) is 0 Å². The highest BCUT2D eigenvalue weighted by molar-refractivity contribution is 6.45. The molecular formula is C25H29N3O3. The van der Waals surface area contributed by atoms with Crippen molar-refractivity contribution in [3.8, 4) is 5.75 Å². The van der Waals surface area contributed by atoms with Crippen LogP contribution in [-0.4, -0.2) is 62.0 Å². The van der Waals surface area contributed by atoms with Gasteiger partial charge in [0.2, 0.25) is 0 Å². The second-order valence-corrected chi connectivity index (χ2v) is 8.45. The molecule has 162 valence electrons. The number of anilines is 1. The number of carbonyl (C=O) groups excluding carboxylic acids is 2. The predicted molar refractivity (Wildman–Crippen MR) is 122 cm³/mol. The molecule has 2 heterocycles. The molecule has 0 radical (unpaired) electrons. The quantitative estimate of drug-likeness (QED) is 0.713. The van der Waals surface area contributed by atoms with Crippen LogP contribution in [0.3, 0.4) is 0 Å². The summed E-state index contributed by atoms with van der Waals surface area (Å²) in [5.74, 6) is -0.0740. The first-order valence-corrected chi connectivity index (χ1v) is 10.6. The van der Waals surface area contributed by atoms with Gasteiger partial charge in [0.1, 0.15) is 11.4 Å². The van der Waals surface area contributed by atoms with E-state index in [1.165, 1.54) is 4.90 Å². The van der Waals surface area contributed by atoms with Crippen LogP contribution in [-0.2, 0) is 9.59 Å². The number of imide groups is 1. The average Bonchev–Trinajstić information content (AvgIpc) is 2.98. The van der Waals surface area contributed by atoms with Crippen molar-refractivity contribution in [1.82, 2.24) is 9.80 Å². The largest absolute Gasteiger partial charge is 0.495 e. The normalized spacial score (nSPS) is 17.7. The third kappa shape index (κ3) is 3.72. The zero-order chi connectivity index (χ0) is 22.3. The van der Waals surface area contributed by atoms with Gasteiger partial charge in [0, 0.05) is 26.2 Å². The maximum Gasteiger partial charge on any atom is 0.282 e. The Hall–Kier alpha value is -3.12. The number of aryl methyl sites for hydroxylation is 3. The van der Waals surface area contributed by atoms with Crippen molar-refractivity contribution in [1.29, 1.82) is 0 Å². The highest BCUT2D eigenvalue weighted by Gasteiger charge is 2.44. The van der Waals surface area contributed by atoms with Gasteiger partial charge in [-0.2, -0.15) is 0 Å². The van der Waals surface area contributed by atoms with E-state index < -0.39 is 0 Å². The fourth-order valence-electron chi connectivity index (χ4n) is 4.37. The zero-order valence-electron chi connectivity index (χ0n) is 18.9. The summed E-state index contributed by atoms with van der Waals surface area (Å²) >= 11 is 0. The number of hydrogen-bond donors (Lipinski definition) is 0. The van der Waals surface area contributed by atoms with E-state index in [4.69, 9.17) is 4.74 Å². The summed E-state index contributed by atoms with van der Waals surface area (Å²) in [6.45, 7) is 9.06.